The summed E-state index contributed by atoms with van der Waals surface area (Å²) < 4.78 is 27.0. The number of rotatable bonds is 5. The molecule has 1 fully saturated rings. The van der Waals surface area contributed by atoms with Crippen molar-refractivity contribution in [1.82, 2.24) is 4.72 Å². The summed E-state index contributed by atoms with van der Waals surface area (Å²) in [5.41, 5.74) is -0.259. The van der Waals surface area contributed by atoms with Gasteiger partial charge in [0.25, 0.3) is 0 Å². The van der Waals surface area contributed by atoms with Crippen molar-refractivity contribution in [1.29, 1.82) is 0 Å². The number of hydrogen-bond acceptors (Lipinski definition) is 2. The van der Waals surface area contributed by atoms with E-state index >= 15 is 0 Å². The molecule has 0 aliphatic heterocycles. The minimum atomic E-state index is -3.15. The van der Waals surface area contributed by atoms with E-state index in [0.717, 1.165) is 19.3 Å². The van der Waals surface area contributed by atoms with Crippen LogP contribution in [0.4, 0.5) is 0 Å². The number of sulfonamides is 1. The molecule has 1 N–H and O–H groups in total. The Bertz CT molecular complexity index is 342. The van der Waals surface area contributed by atoms with Crippen molar-refractivity contribution in [2.45, 2.75) is 52.0 Å². The van der Waals surface area contributed by atoms with Gasteiger partial charge in [0, 0.05) is 10.9 Å². The van der Waals surface area contributed by atoms with Gasteiger partial charge in [-0.3, -0.25) is 0 Å². The van der Waals surface area contributed by atoms with Crippen LogP contribution in [0.25, 0.3) is 0 Å². The molecule has 0 aromatic rings. The van der Waals surface area contributed by atoms with Gasteiger partial charge in [0.1, 0.15) is 0 Å². The van der Waals surface area contributed by atoms with Crippen LogP contribution in [0, 0.1) is 11.8 Å². The fourth-order valence-electron chi connectivity index (χ4n) is 2.71. The van der Waals surface area contributed by atoms with E-state index in [0.29, 0.717) is 11.2 Å². The number of nitrogens with one attached hydrogen (secondary N) is 1. The van der Waals surface area contributed by atoms with Gasteiger partial charge < -0.3 is 0 Å². The van der Waals surface area contributed by atoms with E-state index in [1.807, 2.05) is 13.8 Å². The Balaban J connectivity index is 2.74. The fourth-order valence-corrected chi connectivity index (χ4v) is 5.43. The third-order valence-electron chi connectivity index (χ3n) is 3.27. The van der Waals surface area contributed by atoms with Crippen LogP contribution < -0.4 is 4.72 Å². The molecule has 3 nitrogen and oxygen atoms in total. The molecule has 2 unspecified atom stereocenters. The molecule has 102 valence electrons. The van der Waals surface area contributed by atoms with Crippen LogP contribution in [0.2, 0.25) is 0 Å². The lowest BCUT2D eigenvalue weighted by molar-refractivity contribution is 0.241. The third kappa shape index (κ3) is 4.87. The monoisotopic (exact) mass is 325 g/mol. The van der Waals surface area contributed by atoms with Crippen molar-refractivity contribution < 1.29 is 8.42 Å². The van der Waals surface area contributed by atoms with Crippen molar-refractivity contribution in [3.8, 4) is 0 Å². The second-order valence-corrected chi connectivity index (χ2v) is 8.22. The predicted molar refractivity (Wildman–Crippen MR) is 75.9 cm³/mol. The molecule has 1 saturated carbocycles. The van der Waals surface area contributed by atoms with E-state index in [1.54, 1.807) is 0 Å². The first-order valence-corrected chi connectivity index (χ1v) is 9.13. The average Bonchev–Trinajstić information content (AvgIpc) is 2.14. The first-order chi connectivity index (χ1) is 7.79. The summed E-state index contributed by atoms with van der Waals surface area (Å²) in [6, 6.07) is 0. The summed E-state index contributed by atoms with van der Waals surface area (Å²) in [6.45, 7) is 6.07. The van der Waals surface area contributed by atoms with E-state index < -0.39 is 10.0 Å². The Kier molecular flexibility index (Phi) is 5.47. The van der Waals surface area contributed by atoms with Crippen LogP contribution in [0.3, 0.4) is 0 Å². The number of halogens is 1. The molecule has 0 spiro atoms. The fraction of sp³-hybridized carbons (Fsp3) is 1.00. The lowest BCUT2D eigenvalue weighted by Crippen LogP contribution is -2.53. The van der Waals surface area contributed by atoms with Gasteiger partial charge in [-0.25, -0.2) is 13.1 Å². The zero-order chi connectivity index (χ0) is 13.1. The van der Waals surface area contributed by atoms with Crippen molar-refractivity contribution >= 4 is 26.0 Å². The van der Waals surface area contributed by atoms with Gasteiger partial charge in [-0.2, -0.15) is 0 Å². The number of hydrogen-bond donors (Lipinski definition) is 1. The Morgan fingerprint density at radius 2 is 2.12 bits per heavy atom. The molecule has 0 bridgehead atoms. The van der Waals surface area contributed by atoms with Crippen LogP contribution >= 0.6 is 15.9 Å². The van der Waals surface area contributed by atoms with Crippen LogP contribution in [0.15, 0.2) is 0 Å². The Morgan fingerprint density at radius 1 is 1.47 bits per heavy atom. The molecule has 5 heteroatoms. The van der Waals surface area contributed by atoms with Gasteiger partial charge in [0.05, 0.1) is 5.75 Å². The van der Waals surface area contributed by atoms with Crippen molar-refractivity contribution in [3.63, 3.8) is 0 Å². The van der Waals surface area contributed by atoms with Gasteiger partial charge in [0.2, 0.25) is 10.0 Å². The summed E-state index contributed by atoms with van der Waals surface area (Å²) in [5, 5.41) is 0.710. The van der Waals surface area contributed by atoms with E-state index in [-0.39, 0.29) is 17.2 Å². The first-order valence-electron chi connectivity index (χ1n) is 6.36. The lowest BCUT2D eigenvalue weighted by atomic mass is 9.78. The van der Waals surface area contributed by atoms with Crippen LogP contribution in [-0.2, 0) is 10.0 Å². The Hall–Kier alpha value is 0.390. The van der Waals surface area contributed by atoms with Crippen LogP contribution in [0.5, 0.6) is 0 Å². The summed E-state index contributed by atoms with van der Waals surface area (Å²) in [7, 11) is -3.15. The maximum atomic E-state index is 12.0. The largest absolute Gasteiger partial charge is 0.212 e. The molecule has 1 rings (SSSR count). The molecule has 0 aromatic heterocycles. The quantitative estimate of drug-likeness (QED) is 0.790. The Labute approximate surface area is 114 Å². The van der Waals surface area contributed by atoms with E-state index in [9.17, 15) is 8.42 Å². The molecule has 0 saturated heterocycles. The summed E-state index contributed by atoms with van der Waals surface area (Å²) in [6.07, 6.45) is 4.20. The highest BCUT2D eigenvalue weighted by Crippen LogP contribution is 2.34. The van der Waals surface area contributed by atoms with Gasteiger partial charge in [0.15, 0.2) is 0 Å². The second kappa shape index (κ2) is 6.02. The Morgan fingerprint density at radius 3 is 2.59 bits per heavy atom. The van der Waals surface area contributed by atoms with E-state index in [4.69, 9.17) is 0 Å². The summed E-state index contributed by atoms with van der Waals surface area (Å²) in [5.74, 6) is 0.986. The van der Waals surface area contributed by atoms with Crippen LogP contribution in [0.1, 0.15) is 46.5 Å². The van der Waals surface area contributed by atoms with Gasteiger partial charge in [-0.1, -0.05) is 49.5 Å². The molecule has 2 atom stereocenters. The topological polar surface area (TPSA) is 46.2 Å². The molecule has 0 heterocycles. The van der Waals surface area contributed by atoms with Gasteiger partial charge >= 0.3 is 0 Å². The van der Waals surface area contributed by atoms with Crippen molar-refractivity contribution in [2.75, 3.05) is 11.1 Å². The maximum Gasteiger partial charge on any atom is 0.212 e. The standard InChI is InChI=1S/C12H24BrNO2S/c1-10(2)8-17(15,16)14-12(9-13)6-4-5-11(3)7-12/h10-11,14H,4-9H2,1-3H3. The molecule has 0 aromatic carbocycles. The molecule has 1 aliphatic rings. The molecular weight excluding hydrogens is 302 g/mol. The molecular formula is C12H24BrNO2S. The maximum absolute atomic E-state index is 12.0. The highest BCUT2D eigenvalue weighted by Gasteiger charge is 2.37. The molecule has 0 radical (unpaired) electrons. The van der Waals surface area contributed by atoms with Crippen molar-refractivity contribution in [3.05, 3.63) is 0 Å². The SMILES string of the molecule is CC(C)CS(=O)(=O)NC1(CBr)CCCC(C)C1. The zero-order valence-corrected chi connectivity index (χ0v) is 13.4. The summed E-state index contributed by atoms with van der Waals surface area (Å²) >= 11 is 3.49. The highest BCUT2D eigenvalue weighted by atomic mass is 79.9. The molecule has 1 aliphatic carbocycles. The second-order valence-electron chi connectivity index (χ2n) is 5.89. The number of alkyl halides is 1. The normalized spacial score (nSPS) is 30.8. The minimum Gasteiger partial charge on any atom is -0.212 e. The van der Waals surface area contributed by atoms with E-state index in [2.05, 4.69) is 27.6 Å². The zero-order valence-electron chi connectivity index (χ0n) is 11.0. The highest BCUT2D eigenvalue weighted by molar-refractivity contribution is 9.09. The van der Waals surface area contributed by atoms with Gasteiger partial charge in [-0.05, 0) is 24.7 Å². The predicted octanol–water partition coefficient (Wildman–Crippen LogP) is 2.91. The first kappa shape index (κ1) is 15.4. The lowest BCUT2D eigenvalue weighted by Gasteiger charge is -2.39. The smallest absolute Gasteiger partial charge is 0.212 e. The van der Waals surface area contributed by atoms with Gasteiger partial charge in [-0.15, -0.1) is 0 Å². The average molecular weight is 326 g/mol. The molecule has 17 heavy (non-hydrogen) atoms. The minimum absolute atomic E-state index is 0.167. The van der Waals surface area contributed by atoms with Crippen molar-refractivity contribution in [2.24, 2.45) is 11.8 Å². The van der Waals surface area contributed by atoms with E-state index in [1.165, 1.54) is 6.42 Å². The third-order valence-corrected chi connectivity index (χ3v) is 6.19. The van der Waals surface area contributed by atoms with Crippen LogP contribution in [-0.4, -0.2) is 25.0 Å². The molecule has 0 amide bonds. The summed E-state index contributed by atoms with van der Waals surface area (Å²) in [4.78, 5) is 0.